The van der Waals surface area contributed by atoms with Crippen LogP contribution in [0.4, 0.5) is 23.7 Å². The van der Waals surface area contributed by atoms with Crippen molar-refractivity contribution < 1.29 is 27.5 Å². The molecular weight excluding hydrogens is 387 g/mol. The van der Waals surface area contributed by atoms with E-state index < -0.39 is 29.7 Å². The van der Waals surface area contributed by atoms with E-state index in [1.807, 2.05) is 0 Å². The number of hydrogen-bond donors (Lipinski definition) is 3. The van der Waals surface area contributed by atoms with Gasteiger partial charge in [0.2, 0.25) is 0 Å². The molecule has 6 nitrogen and oxygen atoms in total. The van der Waals surface area contributed by atoms with Crippen LogP contribution >= 0.6 is 0 Å². The zero-order valence-corrected chi connectivity index (χ0v) is 15.6. The Bertz CT molecular complexity index is 986. The Kier molecular flexibility index (Phi) is 5.49. The summed E-state index contributed by atoms with van der Waals surface area (Å²) in [6.07, 6.45) is -4.55. The van der Waals surface area contributed by atoms with E-state index >= 15 is 0 Å². The van der Waals surface area contributed by atoms with Crippen LogP contribution in [0.1, 0.15) is 24.1 Å². The Morgan fingerprint density at radius 1 is 1.14 bits per heavy atom. The first-order valence-electron chi connectivity index (χ1n) is 8.60. The van der Waals surface area contributed by atoms with Crippen LogP contribution in [0.15, 0.2) is 59.8 Å². The highest BCUT2D eigenvalue weighted by molar-refractivity contribution is 6.07. The summed E-state index contributed by atoms with van der Waals surface area (Å²) in [7, 11) is 1.45. The van der Waals surface area contributed by atoms with Crippen LogP contribution in [0.25, 0.3) is 0 Å². The summed E-state index contributed by atoms with van der Waals surface area (Å²) in [5, 5.41) is 7.69. The van der Waals surface area contributed by atoms with E-state index in [0.717, 1.165) is 12.1 Å². The Morgan fingerprint density at radius 2 is 1.86 bits per heavy atom. The first kappa shape index (κ1) is 20.2. The first-order valence-corrected chi connectivity index (χ1v) is 8.60. The predicted molar refractivity (Wildman–Crippen MR) is 100 cm³/mol. The van der Waals surface area contributed by atoms with E-state index in [1.54, 1.807) is 24.3 Å². The number of alkyl halides is 3. The number of anilines is 1. The standard InChI is InChI=1S/C20H18F3N3O3/c1-11-16(18(27)25-14-8-3-4-9-15(14)29-2)17(26-19(28)24-11)12-6-5-7-13(10-12)20(21,22)23/h3-10,17H,1-2H3,(H,25,27)(H2,24,26,28)/t17-/m1/s1. The molecule has 0 spiro atoms. The fraction of sp³-hybridized carbons (Fsp3) is 0.200. The number of halogens is 3. The second-order valence-electron chi connectivity index (χ2n) is 6.35. The summed E-state index contributed by atoms with van der Waals surface area (Å²) in [6, 6.07) is 9.55. The maximum absolute atomic E-state index is 13.1. The third-order valence-electron chi connectivity index (χ3n) is 4.42. The summed E-state index contributed by atoms with van der Waals surface area (Å²) >= 11 is 0. The van der Waals surface area contributed by atoms with Crippen LogP contribution in [-0.4, -0.2) is 19.0 Å². The number of ether oxygens (including phenoxy) is 1. The van der Waals surface area contributed by atoms with Crippen LogP contribution in [0.2, 0.25) is 0 Å². The van der Waals surface area contributed by atoms with Crippen molar-refractivity contribution in [3.8, 4) is 5.75 Å². The number of carbonyl (C=O) groups is 2. The number of amides is 3. The molecule has 3 amide bonds. The predicted octanol–water partition coefficient (Wildman–Crippen LogP) is 3.98. The third kappa shape index (κ3) is 4.34. The summed E-state index contributed by atoms with van der Waals surface area (Å²) < 4.78 is 44.5. The van der Waals surface area contributed by atoms with E-state index in [-0.39, 0.29) is 16.8 Å². The van der Waals surface area contributed by atoms with Gasteiger partial charge in [-0.3, -0.25) is 4.79 Å². The molecule has 3 N–H and O–H groups in total. The molecule has 0 saturated carbocycles. The lowest BCUT2D eigenvalue weighted by Gasteiger charge is -2.29. The monoisotopic (exact) mass is 405 g/mol. The van der Waals surface area contributed by atoms with Gasteiger partial charge in [0.25, 0.3) is 5.91 Å². The van der Waals surface area contributed by atoms with Crippen molar-refractivity contribution in [3.05, 3.63) is 70.9 Å². The van der Waals surface area contributed by atoms with Gasteiger partial charge in [-0.15, -0.1) is 0 Å². The van der Waals surface area contributed by atoms with Crippen molar-refractivity contribution >= 4 is 17.6 Å². The molecule has 0 fully saturated rings. The van der Waals surface area contributed by atoms with Crippen LogP contribution in [0, 0.1) is 0 Å². The second kappa shape index (κ2) is 7.86. The molecule has 1 atom stereocenters. The van der Waals surface area contributed by atoms with Gasteiger partial charge >= 0.3 is 12.2 Å². The molecule has 9 heteroatoms. The molecule has 1 aliphatic rings. The highest BCUT2D eigenvalue weighted by Crippen LogP contribution is 2.34. The van der Waals surface area contributed by atoms with Gasteiger partial charge < -0.3 is 20.7 Å². The normalized spacial score (nSPS) is 16.7. The molecule has 29 heavy (non-hydrogen) atoms. The molecule has 0 aromatic heterocycles. The lowest BCUT2D eigenvalue weighted by Crippen LogP contribution is -2.46. The molecule has 2 aromatic carbocycles. The highest BCUT2D eigenvalue weighted by atomic mass is 19.4. The molecule has 0 aliphatic carbocycles. The maximum atomic E-state index is 13.1. The summed E-state index contributed by atoms with van der Waals surface area (Å²) in [5.41, 5.74) is -0.0116. The van der Waals surface area contributed by atoms with Crippen LogP contribution in [0.3, 0.4) is 0 Å². The lowest BCUT2D eigenvalue weighted by molar-refractivity contribution is -0.137. The average molecular weight is 405 g/mol. The molecular formula is C20H18F3N3O3. The number of urea groups is 1. The average Bonchev–Trinajstić information content (AvgIpc) is 2.67. The Hall–Kier alpha value is -3.49. The minimum absolute atomic E-state index is 0.0924. The fourth-order valence-electron chi connectivity index (χ4n) is 3.08. The zero-order valence-electron chi connectivity index (χ0n) is 15.6. The van der Waals surface area contributed by atoms with Crippen molar-refractivity contribution in [3.63, 3.8) is 0 Å². The van der Waals surface area contributed by atoms with Gasteiger partial charge in [0, 0.05) is 5.70 Å². The van der Waals surface area contributed by atoms with Crippen LogP contribution in [0.5, 0.6) is 5.75 Å². The first-order chi connectivity index (χ1) is 13.7. The van der Waals surface area contributed by atoms with Gasteiger partial charge in [0.05, 0.1) is 30.0 Å². The molecule has 2 aromatic rings. The van der Waals surface area contributed by atoms with Gasteiger partial charge in [-0.1, -0.05) is 24.3 Å². The molecule has 1 heterocycles. The number of allylic oxidation sites excluding steroid dienone is 1. The van der Waals surface area contributed by atoms with E-state index in [4.69, 9.17) is 4.74 Å². The summed E-state index contributed by atoms with van der Waals surface area (Å²) in [5.74, 6) is -0.163. The van der Waals surface area contributed by atoms with E-state index in [2.05, 4.69) is 16.0 Å². The second-order valence-corrected chi connectivity index (χ2v) is 6.35. The minimum Gasteiger partial charge on any atom is -0.495 e. The SMILES string of the molecule is COc1ccccc1NC(=O)C1=C(C)NC(=O)N[C@@H]1c1cccc(C(F)(F)F)c1. The van der Waals surface area contributed by atoms with Crippen molar-refractivity contribution in [2.24, 2.45) is 0 Å². The quantitative estimate of drug-likeness (QED) is 0.720. The van der Waals surface area contributed by atoms with E-state index in [9.17, 15) is 22.8 Å². The Labute approximate surface area is 164 Å². The topological polar surface area (TPSA) is 79.5 Å². The van der Waals surface area contributed by atoms with E-state index in [1.165, 1.54) is 26.2 Å². The van der Waals surface area contributed by atoms with Crippen LogP contribution in [-0.2, 0) is 11.0 Å². The number of nitrogens with one attached hydrogen (secondary N) is 3. The number of carbonyl (C=O) groups excluding carboxylic acids is 2. The minimum atomic E-state index is -4.55. The third-order valence-corrected chi connectivity index (χ3v) is 4.42. The van der Waals surface area contributed by atoms with Crippen molar-refractivity contribution in [2.45, 2.75) is 19.1 Å². The summed E-state index contributed by atoms with van der Waals surface area (Å²) in [4.78, 5) is 24.9. The van der Waals surface area contributed by atoms with E-state index in [0.29, 0.717) is 11.4 Å². The summed E-state index contributed by atoms with van der Waals surface area (Å²) in [6.45, 7) is 1.51. The molecule has 0 saturated heterocycles. The molecule has 0 bridgehead atoms. The maximum Gasteiger partial charge on any atom is 0.416 e. The van der Waals surface area contributed by atoms with Gasteiger partial charge in [0.15, 0.2) is 0 Å². The van der Waals surface area contributed by atoms with Crippen molar-refractivity contribution in [1.29, 1.82) is 0 Å². The van der Waals surface area contributed by atoms with Crippen LogP contribution < -0.4 is 20.7 Å². The zero-order chi connectivity index (χ0) is 21.2. The molecule has 1 aliphatic heterocycles. The number of para-hydroxylation sites is 2. The molecule has 0 radical (unpaired) electrons. The van der Waals surface area contributed by atoms with Gasteiger partial charge in [-0.2, -0.15) is 13.2 Å². The molecule has 3 rings (SSSR count). The smallest absolute Gasteiger partial charge is 0.416 e. The largest absolute Gasteiger partial charge is 0.495 e. The number of benzene rings is 2. The van der Waals surface area contributed by atoms with Crippen molar-refractivity contribution in [1.82, 2.24) is 10.6 Å². The number of methoxy groups -OCH3 is 1. The number of rotatable bonds is 4. The molecule has 152 valence electrons. The van der Waals surface area contributed by atoms with Gasteiger partial charge in [-0.25, -0.2) is 4.79 Å². The number of hydrogen-bond acceptors (Lipinski definition) is 3. The fourth-order valence-corrected chi connectivity index (χ4v) is 3.08. The lowest BCUT2D eigenvalue weighted by atomic mass is 9.93. The highest BCUT2D eigenvalue weighted by Gasteiger charge is 2.35. The van der Waals surface area contributed by atoms with Crippen molar-refractivity contribution in [2.75, 3.05) is 12.4 Å². The van der Waals surface area contributed by atoms with Gasteiger partial charge in [-0.05, 0) is 36.8 Å². The Balaban J connectivity index is 1.99. The molecule has 0 unspecified atom stereocenters. The van der Waals surface area contributed by atoms with Gasteiger partial charge in [0.1, 0.15) is 5.75 Å². The Morgan fingerprint density at radius 3 is 2.55 bits per heavy atom.